The van der Waals surface area contributed by atoms with Gasteiger partial charge in [0.05, 0.1) is 12.0 Å². The second-order valence-electron chi connectivity index (χ2n) is 5.59. The number of nitrogens with zero attached hydrogens (tertiary/aromatic N) is 3. The summed E-state index contributed by atoms with van der Waals surface area (Å²) in [5.41, 5.74) is 3.70. The highest BCUT2D eigenvalue weighted by atomic mass is 16.3. The van der Waals surface area contributed by atoms with Crippen molar-refractivity contribution in [3.8, 4) is 11.6 Å². The Morgan fingerprint density at radius 2 is 2.00 bits per heavy atom. The quantitative estimate of drug-likeness (QED) is 0.742. The molecule has 0 aliphatic carbocycles. The molecule has 3 heterocycles. The standard InChI is InChI=1S/C18H17N3O/c1-2-5-14(6-3-1)12-21-9-8-15-11-19-18(20-16(15)13-21)17-7-4-10-22-17/h1-7,10-11H,8-9,12-13H2. The predicted octanol–water partition coefficient (Wildman–Crippen LogP) is 3.29. The van der Waals surface area contributed by atoms with Crippen LogP contribution in [0, 0.1) is 0 Å². The highest BCUT2D eigenvalue weighted by molar-refractivity contribution is 5.46. The van der Waals surface area contributed by atoms with E-state index in [9.17, 15) is 0 Å². The molecule has 2 aromatic heterocycles. The van der Waals surface area contributed by atoms with Gasteiger partial charge >= 0.3 is 0 Å². The number of fused-ring (bicyclic) bond motifs is 1. The van der Waals surface area contributed by atoms with E-state index < -0.39 is 0 Å². The van der Waals surface area contributed by atoms with Crippen LogP contribution in [0.25, 0.3) is 11.6 Å². The Balaban J connectivity index is 1.55. The third-order valence-corrected chi connectivity index (χ3v) is 4.02. The number of aromatic nitrogens is 2. The average Bonchev–Trinajstić information content (AvgIpc) is 3.10. The third-order valence-electron chi connectivity index (χ3n) is 4.02. The molecule has 0 N–H and O–H groups in total. The molecule has 110 valence electrons. The highest BCUT2D eigenvalue weighted by Crippen LogP contribution is 2.22. The van der Waals surface area contributed by atoms with E-state index in [4.69, 9.17) is 9.40 Å². The molecule has 0 spiro atoms. The minimum atomic E-state index is 0.672. The summed E-state index contributed by atoms with van der Waals surface area (Å²) in [4.78, 5) is 11.5. The minimum Gasteiger partial charge on any atom is -0.461 e. The van der Waals surface area contributed by atoms with Crippen molar-refractivity contribution in [2.45, 2.75) is 19.5 Å². The molecule has 0 atom stereocenters. The topological polar surface area (TPSA) is 42.2 Å². The number of hydrogen-bond donors (Lipinski definition) is 0. The molecule has 0 saturated heterocycles. The second kappa shape index (κ2) is 5.73. The fraction of sp³-hybridized carbons (Fsp3) is 0.222. The van der Waals surface area contributed by atoms with E-state index >= 15 is 0 Å². The van der Waals surface area contributed by atoms with E-state index in [0.29, 0.717) is 5.82 Å². The first kappa shape index (κ1) is 13.2. The number of furan rings is 1. The zero-order valence-electron chi connectivity index (χ0n) is 12.3. The van der Waals surface area contributed by atoms with Crippen LogP contribution in [0.4, 0.5) is 0 Å². The number of benzene rings is 1. The van der Waals surface area contributed by atoms with Crippen LogP contribution in [0.5, 0.6) is 0 Å². The lowest BCUT2D eigenvalue weighted by atomic mass is 10.1. The van der Waals surface area contributed by atoms with Gasteiger partial charge in [-0.1, -0.05) is 30.3 Å². The molecule has 1 aliphatic heterocycles. The zero-order valence-corrected chi connectivity index (χ0v) is 12.3. The molecule has 4 heteroatoms. The molecular formula is C18H17N3O. The SMILES string of the molecule is c1ccc(CN2CCc3cnc(-c4ccco4)nc3C2)cc1. The van der Waals surface area contributed by atoms with E-state index in [1.165, 1.54) is 11.1 Å². The lowest BCUT2D eigenvalue weighted by Gasteiger charge is -2.27. The maximum atomic E-state index is 5.39. The molecule has 0 radical (unpaired) electrons. The fourth-order valence-electron chi connectivity index (χ4n) is 2.86. The van der Waals surface area contributed by atoms with E-state index in [2.05, 4.69) is 40.2 Å². The van der Waals surface area contributed by atoms with Crippen LogP contribution in [-0.2, 0) is 19.5 Å². The summed E-state index contributed by atoms with van der Waals surface area (Å²) in [5, 5.41) is 0. The molecule has 0 fully saturated rings. The first-order chi connectivity index (χ1) is 10.9. The van der Waals surface area contributed by atoms with Gasteiger partial charge in [-0.2, -0.15) is 0 Å². The van der Waals surface area contributed by atoms with Gasteiger partial charge in [0.25, 0.3) is 0 Å². The summed E-state index contributed by atoms with van der Waals surface area (Å²) >= 11 is 0. The van der Waals surface area contributed by atoms with Gasteiger partial charge in [-0.25, -0.2) is 9.97 Å². The summed E-state index contributed by atoms with van der Waals surface area (Å²) < 4.78 is 5.39. The van der Waals surface area contributed by atoms with Crippen LogP contribution in [0.2, 0.25) is 0 Å². The first-order valence-corrected chi connectivity index (χ1v) is 7.53. The molecule has 3 aromatic rings. The largest absolute Gasteiger partial charge is 0.461 e. The Labute approximate surface area is 129 Å². The van der Waals surface area contributed by atoms with E-state index in [-0.39, 0.29) is 0 Å². The maximum Gasteiger partial charge on any atom is 0.195 e. The molecular weight excluding hydrogens is 274 g/mol. The summed E-state index contributed by atoms with van der Waals surface area (Å²) in [6, 6.07) is 14.3. The van der Waals surface area contributed by atoms with Crippen molar-refractivity contribution in [1.29, 1.82) is 0 Å². The van der Waals surface area contributed by atoms with Crippen molar-refractivity contribution >= 4 is 0 Å². The average molecular weight is 291 g/mol. The molecule has 1 aromatic carbocycles. The lowest BCUT2D eigenvalue weighted by Crippen LogP contribution is -2.31. The predicted molar refractivity (Wildman–Crippen MR) is 84.0 cm³/mol. The monoisotopic (exact) mass is 291 g/mol. The van der Waals surface area contributed by atoms with Gasteiger partial charge < -0.3 is 4.42 Å². The van der Waals surface area contributed by atoms with Crippen molar-refractivity contribution in [2.24, 2.45) is 0 Å². The smallest absolute Gasteiger partial charge is 0.195 e. The Morgan fingerprint density at radius 3 is 2.82 bits per heavy atom. The van der Waals surface area contributed by atoms with Gasteiger partial charge in [0.1, 0.15) is 0 Å². The lowest BCUT2D eigenvalue weighted by molar-refractivity contribution is 0.241. The third kappa shape index (κ3) is 2.65. The van der Waals surface area contributed by atoms with Gasteiger partial charge in [-0.3, -0.25) is 4.90 Å². The molecule has 22 heavy (non-hydrogen) atoms. The molecule has 4 rings (SSSR count). The van der Waals surface area contributed by atoms with E-state index in [0.717, 1.165) is 37.5 Å². The van der Waals surface area contributed by atoms with Crippen molar-refractivity contribution in [3.05, 3.63) is 71.7 Å². The Bertz CT molecular complexity index is 753. The molecule has 0 bridgehead atoms. The Kier molecular flexibility index (Phi) is 3.45. The highest BCUT2D eigenvalue weighted by Gasteiger charge is 2.19. The van der Waals surface area contributed by atoms with Crippen molar-refractivity contribution in [1.82, 2.24) is 14.9 Å². The van der Waals surface area contributed by atoms with Gasteiger partial charge in [0, 0.05) is 25.8 Å². The maximum absolute atomic E-state index is 5.39. The Morgan fingerprint density at radius 1 is 1.09 bits per heavy atom. The van der Waals surface area contributed by atoms with Crippen molar-refractivity contribution in [3.63, 3.8) is 0 Å². The van der Waals surface area contributed by atoms with Crippen molar-refractivity contribution in [2.75, 3.05) is 6.54 Å². The van der Waals surface area contributed by atoms with Gasteiger partial charge in [0.15, 0.2) is 11.6 Å². The molecule has 4 nitrogen and oxygen atoms in total. The van der Waals surface area contributed by atoms with Crippen LogP contribution in [-0.4, -0.2) is 21.4 Å². The van der Waals surface area contributed by atoms with Crippen LogP contribution < -0.4 is 0 Å². The molecule has 0 unspecified atom stereocenters. The molecule has 1 aliphatic rings. The summed E-state index contributed by atoms with van der Waals surface area (Å²) in [6.07, 6.45) is 4.60. The van der Waals surface area contributed by atoms with Crippen LogP contribution in [0.3, 0.4) is 0 Å². The van der Waals surface area contributed by atoms with E-state index in [1.807, 2.05) is 18.3 Å². The van der Waals surface area contributed by atoms with Crippen LogP contribution in [0.15, 0.2) is 59.3 Å². The normalized spacial score (nSPS) is 14.7. The van der Waals surface area contributed by atoms with Gasteiger partial charge in [0.2, 0.25) is 0 Å². The first-order valence-electron chi connectivity index (χ1n) is 7.53. The fourth-order valence-corrected chi connectivity index (χ4v) is 2.86. The Hall–Kier alpha value is -2.46. The number of hydrogen-bond acceptors (Lipinski definition) is 4. The second-order valence-corrected chi connectivity index (χ2v) is 5.59. The summed E-state index contributed by atoms with van der Waals surface area (Å²) in [7, 11) is 0. The molecule has 0 saturated carbocycles. The number of rotatable bonds is 3. The van der Waals surface area contributed by atoms with Crippen molar-refractivity contribution < 1.29 is 4.42 Å². The van der Waals surface area contributed by atoms with E-state index in [1.54, 1.807) is 6.26 Å². The van der Waals surface area contributed by atoms with Crippen LogP contribution >= 0.6 is 0 Å². The minimum absolute atomic E-state index is 0.672. The van der Waals surface area contributed by atoms with Crippen LogP contribution in [0.1, 0.15) is 16.8 Å². The van der Waals surface area contributed by atoms with Gasteiger partial charge in [-0.15, -0.1) is 0 Å². The zero-order chi connectivity index (χ0) is 14.8. The summed E-state index contributed by atoms with van der Waals surface area (Å²) in [6.45, 7) is 2.87. The van der Waals surface area contributed by atoms with Gasteiger partial charge in [-0.05, 0) is 29.7 Å². The molecule has 0 amide bonds. The summed E-state index contributed by atoms with van der Waals surface area (Å²) in [5.74, 6) is 1.40.